The summed E-state index contributed by atoms with van der Waals surface area (Å²) >= 11 is 0. The second kappa shape index (κ2) is 5.14. The van der Waals surface area contributed by atoms with Crippen molar-refractivity contribution < 1.29 is 14.2 Å². The molecule has 3 heteroatoms. The number of fused-ring (bicyclic) bond motifs is 1. The molecule has 20 heavy (non-hydrogen) atoms. The van der Waals surface area contributed by atoms with Crippen LogP contribution in [0, 0.1) is 0 Å². The van der Waals surface area contributed by atoms with E-state index in [1.165, 1.54) is 17.5 Å². The summed E-state index contributed by atoms with van der Waals surface area (Å²) in [6.45, 7) is 2.38. The van der Waals surface area contributed by atoms with Gasteiger partial charge in [-0.1, -0.05) is 24.3 Å². The number of rotatable bonds is 3. The molecule has 1 atom stereocenters. The van der Waals surface area contributed by atoms with Gasteiger partial charge in [0.25, 0.3) is 0 Å². The van der Waals surface area contributed by atoms with Crippen LogP contribution < -0.4 is 0 Å². The standard InChI is InChI=1S/C17H22O3/c1-2-4-16-13(3-1)11-14(16)12-18-15-5-7-17(8-6-15)19-9-10-20-17/h1-4,14-15H,5-12H2. The van der Waals surface area contributed by atoms with Gasteiger partial charge < -0.3 is 14.2 Å². The van der Waals surface area contributed by atoms with E-state index in [9.17, 15) is 0 Å². The van der Waals surface area contributed by atoms with E-state index in [1.807, 2.05) is 0 Å². The minimum Gasteiger partial charge on any atom is -0.378 e. The monoisotopic (exact) mass is 274 g/mol. The number of ether oxygens (including phenoxy) is 3. The average Bonchev–Trinajstić information content (AvgIpc) is 2.91. The minimum absolute atomic E-state index is 0.261. The normalized spacial score (nSPS) is 28.3. The Morgan fingerprint density at radius 3 is 2.60 bits per heavy atom. The van der Waals surface area contributed by atoms with Crippen molar-refractivity contribution in [2.24, 2.45) is 0 Å². The summed E-state index contributed by atoms with van der Waals surface area (Å²) in [5.74, 6) is 0.351. The second-order valence-corrected chi connectivity index (χ2v) is 6.24. The van der Waals surface area contributed by atoms with E-state index in [4.69, 9.17) is 14.2 Å². The molecule has 0 aromatic heterocycles. The summed E-state index contributed by atoms with van der Waals surface area (Å²) in [5, 5.41) is 0. The van der Waals surface area contributed by atoms with E-state index in [0.29, 0.717) is 12.0 Å². The summed E-state index contributed by atoms with van der Waals surface area (Å²) in [6.07, 6.45) is 5.67. The van der Waals surface area contributed by atoms with Gasteiger partial charge in [0, 0.05) is 18.8 Å². The van der Waals surface area contributed by atoms with Gasteiger partial charge in [-0.3, -0.25) is 0 Å². The third kappa shape index (κ3) is 2.28. The molecule has 2 fully saturated rings. The summed E-state index contributed by atoms with van der Waals surface area (Å²) in [6, 6.07) is 8.72. The maximum Gasteiger partial charge on any atom is 0.168 e. The first-order valence-electron chi connectivity index (χ1n) is 7.82. The van der Waals surface area contributed by atoms with Gasteiger partial charge in [0.05, 0.1) is 25.9 Å². The third-order valence-electron chi connectivity index (χ3n) is 5.00. The zero-order valence-corrected chi connectivity index (χ0v) is 11.8. The Morgan fingerprint density at radius 2 is 1.85 bits per heavy atom. The van der Waals surface area contributed by atoms with Crippen molar-refractivity contribution in [2.75, 3.05) is 19.8 Å². The maximum atomic E-state index is 6.14. The Labute approximate surface area is 120 Å². The quantitative estimate of drug-likeness (QED) is 0.848. The van der Waals surface area contributed by atoms with Crippen LogP contribution in [0.4, 0.5) is 0 Å². The Morgan fingerprint density at radius 1 is 1.10 bits per heavy atom. The van der Waals surface area contributed by atoms with Crippen LogP contribution >= 0.6 is 0 Å². The number of hydrogen-bond donors (Lipinski definition) is 0. The molecular formula is C17H22O3. The number of hydrogen-bond acceptors (Lipinski definition) is 3. The molecule has 1 aliphatic heterocycles. The zero-order valence-electron chi connectivity index (χ0n) is 11.8. The van der Waals surface area contributed by atoms with Gasteiger partial charge >= 0.3 is 0 Å². The maximum absolute atomic E-state index is 6.14. The van der Waals surface area contributed by atoms with Gasteiger partial charge in [0.1, 0.15) is 0 Å². The average molecular weight is 274 g/mol. The molecule has 0 amide bonds. The first-order chi connectivity index (χ1) is 9.85. The van der Waals surface area contributed by atoms with Crippen molar-refractivity contribution in [3.8, 4) is 0 Å². The van der Waals surface area contributed by atoms with E-state index < -0.39 is 0 Å². The van der Waals surface area contributed by atoms with Gasteiger partial charge in [0.15, 0.2) is 5.79 Å². The molecule has 0 N–H and O–H groups in total. The molecule has 1 spiro atoms. The van der Waals surface area contributed by atoms with Gasteiger partial charge in [-0.15, -0.1) is 0 Å². The van der Waals surface area contributed by atoms with Crippen LogP contribution in [0.2, 0.25) is 0 Å². The van der Waals surface area contributed by atoms with E-state index >= 15 is 0 Å². The smallest absolute Gasteiger partial charge is 0.168 e. The Bertz CT molecular complexity index is 469. The highest BCUT2D eigenvalue weighted by atomic mass is 16.7. The lowest BCUT2D eigenvalue weighted by molar-refractivity contribution is -0.192. The van der Waals surface area contributed by atoms with Crippen LogP contribution in [0.3, 0.4) is 0 Å². The van der Waals surface area contributed by atoms with Crippen LogP contribution in [-0.2, 0) is 20.6 Å². The molecule has 1 aromatic carbocycles. The molecule has 3 nitrogen and oxygen atoms in total. The van der Waals surface area contributed by atoms with E-state index in [1.54, 1.807) is 0 Å². The van der Waals surface area contributed by atoms with Crippen molar-refractivity contribution in [1.82, 2.24) is 0 Å². The molecule has 1 heterocycles. The van der Waals surface area contributed by atoms with E-state index in [2.05, 4.69) is 24.3 Å². The molecule has 1 unspecified atom stereocenters. The minimum atomic E-state index is -0.261. The van der Waals surface area contributed by atoms with Crippen molar-refractivity contribution in [1.29, 1.82) is 0 Å². The molecule has 3 aliphatic rings. The molecular weight excluding hydrogens is 252 g/mol. The first-order valence-corrected chi connectivity index (χ1v) is 7.82. The Hall–Kier alpha value is -0.900. The predicted octanol–water partition coefficient (Wildman–Crippen LogP) is 3.03. The van der Waals surface area contributed by atoms with Crippen LogP contribution in [0.15, 0.2) is 24.3 Å². The fourth-order valence-corrected chi connectivity index (χ4v) is 3.75. The molecule has 1 saturated heterocycles. The Kier molecular flexibility index (Phi) is 3.29. The Balaban J connectivity index is 1.26. The molecule has 1 saturated carbocycles. The summed E-state index contributed by atoms with van der Waals surface area (Å²) in [5.41, 5.74) is 2.98. The fraction of sp³-hybridized carbons (Fsp3) is 0.647. The highest BCUT2D eigenvalue weighted by Crippen LogP contribution is 2.39. The highest BCUT2D eigenvalue weighted by Gasteiger charge is 2.40. The van der Waals surface area contributed by atoms with E-state index in [0.717, 1.165) is 45.5 Å². The summed E-state index contributed by atoms with van der Waals surface area (Å²) < 4.78 is 17.6. The van der Waals surface area contributed by atoms with Crippen LogP contribution in [-0.4, -0.2) is 31.7 Å². The van der Waals surface area contributed by atoms with Crippen LogP contribution in [0.25, 0.3) is 0 Å². The van der Waals surface area contributed by atoms with Gasteiger partial charge in [0.2, 0.25) is 0 Å². The molecule has 0 radical (unpaired) electrons. The number of benzene rings is 1. The van der Waals surface area contributed by atoms with Crippen molar-refractivity contribution in [2.45, 2.75) is 49.9 Å². The topological polar surface area (TPSA) is 27.7 Å². The highest BCUT2D eigenvalue weighted by molar-refractivity contribution is 5.39. The molecule has 108 valence electrons. The predicted molar refractivity (Wildman–Crippen MR) is 75.7 cm³/mol. The molecule has 4 rings (SSSR count). The van der Waals surface area contributed by atoms with E-state index in [-0.39, 0.29) is 5.79 Å². The molecule has 1 aromatic rings. The lowest BCUT2D eigenvalue weighted by Gasteiger charge is -2.37. The largest absolute Gasteiger partial charge is 0.378 e. The second-order valence-electron chi connectivity index (χ2n) is 6.24. The van der Waals surface area contributed by atoms with Crippen LogP contribution in [0.5, 0.6) is 0 Å². The van der Waals surface area contributed by atoms with Gasteiger partial charge in [-0.25, -0.2) is 0 Å². The zero-order chi connectivity index (χ0) is 13.4. The summed E-state index contributed by atoms with van der Waals surface area (Å²) in [7, 11) is 0. The third-order valence-corrected chi connectivity index (χ3v) is 5.00. The molecule has 2 aliphatic carbocycles. The molecule has 0 bridgehead atoms. The van der Waals surface area contributed by atoms with Gasteiger partial charge in [-0.05, 0) is 30.4 Å². The lowest BCUT2D eigenvalue weighted by atomic mass is 9.78. The van der Waals surface area contributed by atoms with Crippen molar-refractivity contribution in [3.63, 3.8) is 0 Å². The van der Waals surface area contributed by atoms with Crippen molar-refractivity contribution >= 4 is 0 Å². The summed E-state index contributed by atoms with van der Waals surface area (Å²) in [4.78, 5) is 0. The van der Waals surface area contributed by atoms with Crippen LogP contribution in [0.1, 0.15) is 42.7 Å². The SMILES string of the molecule is c1ccc2c(c1)CC2COC1CCC2(CC1)OCCO2. The van der Waals surface area contributed by atoms with Crippen molar-refractivity contribution in [3.05, 3.63) is 35.4 Å². The lowest BCUT2D eigenvalue weighted by Crippen LogP contribution is -2.38. The fourth-order valence-electron chi connectivity index (χ4n) is 3.75. The van der Waals surface area contributed by atoms with Gasteiger partial charge in [-0.2, -0.15) is 0 Å². The first kappa shape index (κ1) is 12.8.